The van der Waals surface area contributed by atoms with Crippen molar-refractivity contribution in [2.45, 2.75) is 33.7 Å². The molecule has 108 valence electrons. The van der Waals surface area contributed by atoms with Crippen molar-refractivity contribution in [3.05, 3.63) is 34.6 Å². The van der Waals surface area contributed by atoms with Gasteiger partial charge in [-0.05, 0) is 54.4 Å². The second-order valence-electron chi connectivity index (χ2n) is 5.40. The summed E-state index contributed by atoms with van der Waals surface area (Å²) < 4.78 is 1.75. The third-order valence-corrected chi connectivity index (χ3v) is 3.35. The van der Waals surface area contributed by atoms with Crippen LogP contribution in [0.4, 0.5) is 0 Å². The van der Waals surface area contributed by atoms with Gasteiger partial charge in [-0.3, -0.25) is 0 Å². The van der Waals surface area contributed by atoms with E-state index >= 15 is 0 Å². The van der Waals surface area contributed by atoms with E-state index in [1.807, 2.05) is 25.1 Å². The molecular formula is C14H20ClN5. The van der Waals surface area contributed by atoms with Gasteiger partial charge in [0.05, 0.1) is 11.7 Å². The molecule has 2 rings (SSSR count). The number of tetrazole rings is 1. The van der Waals surface area contributed by atoms with Crippen molar-refractivity contribution in [2.75, 3.05) is 6.54 Å². The topological polar surface area (TPSA) is 55.6 Å². The SMILES string of the molecule is Cc1ccc(Cl)cc1-n1nnnc1C(C)NCC(C)C. The normalized spacial score (nSPS) is 12.9. The van der Waals surface area contributed by atoms with Crippen LogP contribution >= 0.6 is 11.6 Å². The fourth-order valence-electron chi connectivity index (χ4n) is 1.95. The average Bonchev–Trinajstić information content (AvgIpc) is 2.88. The zero-order chi connectivity index (χ0) is 14.7. The van der Waals surface area contributed by atoms with Gasteiger partial charge < -0.3 is 5.32 Å². The van der Waals surface area contributed by atoms with Crippen molar-refractivity contribution in [1.29, 1.82) is 0 Å². The van der Waals surface area contributed by atoms with Gasteiger partial charge in [0.1, 0.15) is 0 Å². The Morgan fingerprint density at radius 1 is 1.30 bits per heavy atom. The lowest BCUT2D eigenvalue weighted by Gasteiger charge is -2.16. The van der Waals surface area contributed by atoms with E-state index in [9.17, 15) is 0 Å². The van der Waals surface area contributed by atoms with E-state index in [1.165, 1.54) is 0 Å². The number of aromatic nitrogens is 4. The molecule has 1 atom stereocenters. The van der Waals surface area contributed by atoms with Gasteiger partial charge in [-0.25, -0.2) is 0 Å². The summed E-state index contributed by atoms with van der Waals surface area (Å²) in [6, 6.07) is 5.79. The van der Waals surface area contributed by atoms with Crippen LogP contribution in [0.15, 0.2) is 18.2 Å². The van der Waals surface area contributed by atoms with Crippen molar-refractivity contribution >= 4 is 11.6 Å². The smallest absolute Gasteiger partial charge is 0.173 e. The van der Waals surface area contributed by atoms with Crippen LogP contribution in [-0.2, 0) is 0 Å². The molecule has 5 nitrogen and oxygen atoms in total. The molecule has 2 aromatic rings. The maximum Gasteiger partial charge on any atom is 0.173 e. The average molecular weight is 294 g/mol. The Kier molecular flexibility index (Phi) is 4.73. The summed E-state index contributed by atoms with van der Waals surface area (Å²) in [6.45, 7) is 9.34. The molecule has 0 aliphatic heterocycles. The number of hydrogen-bond acceptors (Lipinski definition) is 4. The second-order valence-corrected chi connectivity index (χ2v) is 5.84. The van der Waals surface area contributed by atoms with E-state index < -0.39 is 0 Å². The van der Waals surface area contributed by atoms with Crippen LogP contribution in [0.3, 0.4) is 0 Å². The first-order valence-corrected chi connectivity index (χ1v) is 7.15. The van der Waals surface area contributed by atoms with Crippen LogP contribution in [0.5, 0.6) is 0 Å². The predicted molar refractivity (Wildman–Crippen MR) is 80.2 cm³/mol. The monoisotopic (exact) mass is 293 g/mol. The summed E-state index contributed by atoms with van der Waals surface area (Å²) in [5.74, 6) is 1.37. The van der Waals surface area contributed by atoms with E-state index in [0.29, 0.717) is 10.9 Å². The Bertz CT molecular complexity index is 579. The van der Waals surface area contributed by atoms with Crippen LogP contribution in [0.2, 0.25) is 5.02 Å². The van der Waals surface area contributed by atoms with Crippen molar-refractivity contribution < 1.29 is 0 Å². The predicted octanol–water partition coefficient (Wildman–Crippen LogP) is 2.93. The maximum atomic E-state index is 6.07. The fraction of sp³-hybridized carbons (Fsp3) is 0.500. The number of benzene rings is 1. The molecule has 1 N–H and O–H groups in total. The molecule has 0 amide bonds. The molecule has 0 fully saturated rings. The Hall–Kier alpha value is -1.46. The van der Waals surface area contributed by atoms with Crippen molar-refractivity contribution in [3.63, 3.8) is 0 Å². The molecule has 0 radical (unpaired) electrons. The molecule has 20 heavy (non-hydrogen) atoms. The summed E-state index contributed by atoms with van der Waals surface area (Å²) in [5, 5.41) is 16.1. The molecule has 0 spiro atoms. The van der Waals surface area contributed by atoms with Crippen molar-refractivity contribution in [3.8, 4) is 5.69 Å². The van der Waals surface area contributed by atoms with Crippen LogP contribution in [0.25, 0.3) is 5.69 Å². The Balaban J connectivity index is 2.30. The van der Waals surface area contributed by atoms with Crippen molar-refractivity contribution in [2.24, 2.45) is 5.92 Å². The van der Waals surface area contributed by atoms with Crippen LogP contribution in [-0.4, -0.2) is 26.8 Å². The fourth-order valence-corrected chi connectivity index (χ4v) is 2.12. The molecule has 1 aromatic carbocycles. The number of aryl methyl sites for hydroxylation is 1. The Labute approximate surface area is 124 Å². The van der Waals surface area contributed by atoms with E-state index in [0.717, 1.165) is 23.6 Å². The highest BCUT2D eigenvalue weighted by molar-refractivity contribution is 6.30. The molecular weight excluding hydrogens is 274 g/mol. The van der Waals surface area contributed by atoms with E-state index in [1.54, 1.807) is 4.68 Å². The van der Waals surface area contributed by atoms with Gasteiger partial charge in [-0.2, -0.15) is 4.68 Å². The highest BCUT2D eigenvalue weighted by Crippen LogP contribution is 2.21. The number of halogens is 1. The Morgan fingerprint density at radius 3 is 2.75 bits per heavy atom. The summed E-state index contributed by atoms with van der Waals surface area (Å²) in [6.07, 6.45) is 0. The first-order valence-electron chi connectivity index (χ1n) is 6.77. The number of nitrogens with zero attached hydrogens (tertiary/aromatic N) is 4. The first kappa shape index (κ1) is 14.9. The highest BCUT2D eigenvalue weighted by Gasteiger charge is 2.17. The van der Waals surface area contributed by atoms with Crippen LogP contribution < -0.4 is 5.32 Å². The molecule has 6 heteroatoms. The number of hydrogen-bond donors (Lipinski definition) is 1. The van der Waals surface area contributed by atoms with Crippen LogP contribution in [0, 0.1) is 12.8 Å². The molecule has 0 saturated carbocycles. The van der Waals surface area contributed by atoms with Gasteiger partial charge in [0.15, 0.2) is 5.82 Å². The van der Waals surface area contributed by atoms with Gasteiger partial charge >= 0.3 is 0 Å². The van der Waals surface area contributed by atoms with Gasteiger partial charge in [-0.1, -0.05) is 31.5 Å². The minimum absolute atomic E-state index is 0.0748. The van der Waals surface area contributed by atoms with Crippen molar-refractivity contribution in [1.82, 2.24) is 25.5 Å². The minimum Gasteiger partial charge on any atom is -0.307 e. The first-order chi connectivity index (χ1) is 9.49. The van der Waals surface area contributed by atoms with Gasteiger partial charge in [0.25, 0.3) is 0 Å². The highest BCUT2D eigenvalue weighted by atomic mass is 35.5. The lowest BCUT2D eigenvalue weighted by Crippen LogP contribution is -2.26. The summed E-state index contributed by atoms with van der Waals surface area (Å²) in [5.41, 5.74) is 2.00. The summed E-state index contributed by atoms with van der Waals surface area (Å²) in [4.78, 5) is 0. The molecule has 0 bridgehead atoms. The van der Waals surface area contributed by atoms with Gasteiger partial charge in [0.2, 0.25) is 0 Å². The lowest BCUT2D eigenvalue weighted by atomic mass is 10.2. The van der Waals surface area contributed by atoms with E-state index in [2.05, 4.69) is 41.6 Å². The second kappa shape index (κ2) is 6.33. The maximum absolute atomic E-state index is 6.07. The molecule has 0 saturated heterocycles. The van der Waals surface area contributed by atoms with Crippen LogP contribution in [0.1, 0.15) is 38.2 Å². The molecule has 1 aromatic heterocycles. The molecule has 1 unspecified atom stereocenters. The third-order valence-electron chi connectivity index (χ3n) is 3.11. The van der Waals surface area contributed by atoms with Gasteiger partial charge in [0, 0.05) is 5.02 Å². The van der Waals surface area contributed by atoms with Gasteiger partial charge in [-0.15, -0.1) is 5.10 Å². The number of nitrogens with one attached hydrogen (secondary N) is 1. The molecule has 0 aliphatic rings. The Morgan fingerprint density at radius 2 is 2.05 bits per heavy atom. The lowest BCUT2D eigenvalue weighted by molar-refractivity contribution is 0.475. The molecule has 1 heterocycles. The quantitative estimate of drug-likeness (QED) is 0.921. The summed E-state index contributed by atoms with van der Waals surface area (Å²) >= 11 is 6.07. The van der Waals surface area contributed by atoms with E-state index in [4.69, 9.17) is 11.6 Å². The number of rotatable bonds is 5. The largest absolute Gasteiger partial charge is 0.307 e. The zero-order valence-corrected chi connectivity index (χ0v) is 13.0. The summed E-state index contributed by atoms with van der Waals surface area (Å²) in [7, 11) is 0. The minimum atomic E-state index is 0.0748. The standard InChI is InChI=1S/C14H20ClN5/c1-9(2)8-16-11(4)14-17-18-19-20(14)13-7-12(15)6-5-10(13)3/h5-7,9,11,16H,8H2,1-4H3. The van der Waals surface area contributed by atoms with E-state index in [-0.39, 0.29) is 6.04 Å². The molecule has 0 aliphatic carbocycles. The zero-order valence-electron chi connectivity index (χ0n) is 12.3. The third kappa shape index (κ3) is 3.35.